The van der Waals surface area contributed by atoms with Gasteiger partial charge in [0.25, 0.3) is 5.56 Å². The molecule has 0 saturated heterocycles. The molecule has 0 aliphatic rings. The van der Waals surface area contributed by atoms with Gasteiger partial charge in [0.2, 0.25) is 0 Å². The maximum absolute atomic E-state index is 10.9. The van der Waals surface area contributed by atoms with Crippen LogP contribution in [0.5, 0.6) is 0 Å². The SMILES string of the molecule is CC(N)C(C)Nc1cc(=O)[nH]cn1. The summed E-state index contributed by atoms with van der Waals surface area (Å²) in [5.41, 5.74) is 5.47. The Hall–Kier alpha value is -1.36. The Morgan fingerprint density at radius 3 is 2.85 bits per heavy atom. The van der Waals surface area contributed by atoms with Gasteiger partial charge in [-0.25, -0.2) is 4.98 Å². The summed E-state index contributed by atoms with van der Waals surface area (Å²) in [6.07, 6.45) is 1.36. The van der Waals surface area contributed by atoms with Gasteiger partial charge < -0.3 is 16.0 Å². The minimum Gasteiger partial charge on any atom is -0.366 e. The molecule has 2 atom stereocenters. The lowest BCUT2D eigenvalue weighted by Crippen LogP contribution is -2.35. The number of aromatic amines is 1. The van der Waals surface area contributed by atoms with Crippen molar-refractivity contribution in [3.63, 3.8) is 0 Å². The van der Waals surface area contributed by atoms with E-state index in [0.29, 0.717) is 5.82 Å². The molecule has 0 bridgehead atoms. The van der Waals surface area contributed by atoms with E-state index in [1.54, 1.807) is 0 Å². The van der Waals surface area contributed by atoms with Gasteiger partial charge in [-0.2, -0.15) is 0 Å². The van der Waals surface area contributed by atoms with Crippen LogP contribution in [0, 0.1) is 0 Å². The third kappa shape index (κ3) is 2.87. The summed E-state index contributed by atoms with van der Waals surface area (Å²) < 4.78 is 0. The topological polar surface area (TPSA) is 83.8 Å². The Labute approximate surface area is 76.4 Å². The van der Waals surface area contributed by atoms with E-state index in [0.717, 1.165) is 0 Å². The van der Waals surface area contributed by atoms with E-state index < -0.39 is 0 Å². The van der Waals surface area contributed by atoms with Crippen molar-refractivity contribution in [1.82, 2.24) is 9.97 Å². The second-order valence-electron chi connectivity index (χ2n) is 3.09. The van der Waals surface area contributed by atoms with Crippen LogP contribution in [0.2, 0.25) is 0 Å². The number of anilines is 1. The van der Waals surface area contributed by atoms with Gasteiger partial charge in [0.05, 0.1) is 6.33 Å². The van der Waals surface area contributed by atoms with Crippen LogP contribution in [0.1, 0.15) is 13.8 Å². The van der Waals surface area contributed by atoms with Crippen LogP contribution < -0.4 is 16.6 Å². The van der Waals surface area contributed by atoms with Crippen molar-refractivity contribution >= 4 is 5.82 Å². The second kappa shape index (κ2) is 4.04. The van der Waals surface area contributed by atoms with Crippen LogP contribution in [0.3, 0.4) is 0 Å². The van der Waals surface area contributed by atoms with Gasteiger partial charge in [-0.05, 0) is 13.8 Å². The first-order chi connectivity index (χ1) is 6.09. The highest BCUT2D eigenvalue weighted by Crippen LogP contribution is 2.00. The molecule has 0 saturated carbocycles. The summed E-state index contributed by atoms with van der Waals surface area (Å²) in [4.78, 5) is 17.3. The summed E-state index contributed by atoms with van der Waals surface area (Å²) in [6, 6.07) is 1.51. The molecular weight excluding hydrogens is 168 g/mol. The molecule has 1 rings (SSSR count). The van der Waals surface area contributed by atoms with Crippen LogP contribution in [0.4, 0.5) is 5.82 Å². The quantitative estimate of drug-likeness (QED) is 0.610. The van der Waals surface area contributed by atoms with Gasteiger partial charge in [-0.3, -0.25) is 4.79 Å². The van der Waals surface area contributed by atoms with Crippen LogP contribution in [-0.4, -0.2) is 22.1 Å². The number of H-pyrrole nitrogens is 1. The molecule has 0 amide bonds. The molecule has 1 heterocycles. The monoisotopic (exact) mass is 182 g/mol. The lowest BCUT2D eigenvalue weighted by molar-refractivity contribution is 0.636. The fourth-order valence-electron chi connectivity index (χ4n) is 0.812. The predicted octanol–water partition coefficient (Wildman–Crippen LogP) is -0.0825. The molecule has 0 radical (unpaired) electrons. The van der Waals surface area contributed by atoms with E-state index in [9.17, 15) is 4.79 Å². The third-order valence-electron chi connectivity index (χ3n) is 1.84. The van der Waals surface area contributed by atoms with Crippen LogP contribution in [0.25, 0.3) is 0 Å². The van der Waals surface area contributed by atoms with Gasteiger partial charge >= 0.3 is 0 Å². The first-order valence-corrected chi connectivity index (χ1v) is 4.16. The third-order valence-corrected chi connectivity index (χ3v) is 1.84. The van der Waals surface area contributed by atoms with Gasteiger partial charge in [0.1, 0.15) is 5.82 Å². The lowest BCUT2D eigenvalue weighted by Gasteiger charge is -2.17. The minimum absolute atomic E-state index is 0.0149. The maximum Gasteiger partial charge on any atom is 0.252 e. The van der Waals surface area contributed by atoms with Crippen molar-refractivity contribution in [3.8, 4) is 0 Å². The van der Waals surface area contributed by atoms with Crippen molar-refractivity contribution < 1.29 is 0 Å². The molecule has 13 heavy (non-hydrogen) atoms. The number of nitrogens with zero attached hydrogens (tertiary/aromatic N) is 1. The maximum atomic E-state index is 10.9. The van der Waals surface area contributed by atoms with E-state index >= 15 is 0 Å². The van der Waals surface area contributed by atoms with Crippen molar-refractivity contribution in [2.24, 2.45) is 5.73 Å². The van der Waals surface area contributed by atoms with Crippen molar-refractivity contribution in [2.75, 3.05) is 5.32 Å². The number of hydrogen-bond acceptors (Lipinski definition) is 4. The van der Waals surface area contributed by atoms with Gasteiger partial charge in [-0.1, -0.05) is 0 Å². The predicted molar refractivity (Wildman–Crippen MR) is 51.6 cm³/mol. The summed E-state index contributed by atoms with van der Waals surface area (Å²) in [5.74, 6) is 0.550. The number of nitrogens with one attached hydrogen (secondary N) is 2. The number of rotatable bonds is 3. The van der Waals surface area contributed by atoms with Gasteiger partial charge in [0, 0.05) is 18.2 Å². The number of aromatic nitrogens is 2. The molecule has 0 aliphatic carbocycles. The fraction of sp³-hybridized carbons (Fsp3) is 0.500. The largest absolute Gasteiger partial charge is 0.366 e. The van der Waals surface area contributed by atoms with E-state index in [-0.39, 0.29) is 17.6 Å². The Bertz CT molecular complexity index is 320. The molecule has 0 fully saturated rings. The smallest absolute Gasteiger partial charge is 0.252 e. The Morgan fingerprint density at radius 2 is 2.31 bits per heavy atom. The average Bonchev–Trinajstić information content (AvgIpc) is 2.04. The molecule has 2 unspecified atom stereocenters. The fourth-order valence-corrected chi connectivity index (χ4v) is 0.812. The molecule has 0 aliphatic heterocycles. The van der Waals surface area contributed by atoms with Crippen LogP contribution >= 0.6 is 0 Å². The van der Waals surface area contributed by atoms with E-state index in [1.165, 1.54) is 12.4 Å². The van der Waals surface area contributed by atoms with Crippen LogP contribution in [0.15, 0.2) is 17.2 Å². The molecule has 5 nitrogen and oxygen atoms in total. The number of hydrogen-bond donors (Lipinski definition) is 3. The second-order valence-corrected chi connectivity index (χ2v) is 3.09. The highest BCUT2D eigenvalue weighted by molar-refractivity contribution is 5.33. The van der Waals surface area contributed by atoms with Crippen molar-refractivity contribution in [2.45, 2.75) is 25.9 Å². The Kier molecular flexibility index (Phi) is 3.02. The van der Waals surface area contributed by atoms with E-state index in [4.69, 9.17) is 5.73 Å². The highest BCUT2D eigenvalue weighted by atomic mass is 16.1. The molecule has 1 aromatic rings. The molecule has 5 heteroatoms. The standard InChI is InChI=1S/C8H14N4O/c1-5(9)6(2)12-7-3-8(13)11-4-10-7/h3-6H,9H2,1-2H3,(H2,10,11,12,13). The minimum atomic E-state index is -0.172. The summed E-state index contributed by atoms with van der Waals surface area (Å²) >= 11 is 0. The molecule has 0 spiro atoms. The molecule has 72 valence electrons. The highest BCUT2D eigenvalue weighted by Gasteiger charge is 2.07. The molecule has 1 aromatic heterocycles. The summed E-state index contributed by atoms with van der Waals surface area (Å²) in [7, 11) is 0. The Morgan fingerprint density at radius 1 is 1.62 bits per heavy atom. The summed E-state index contributed by atoms with van der Waals surface area (Å²) in [5, 5.41) is 3.03. The van der Waals surface area contributed by atoms with Crippen molar-refractivity contribution in [3.05, 3.63) is 22.7 Å². The summed E-state index contributed by atoms with van der Waals surface area (Å²) in [6.45, 7) is 3.83. The number of nitrogens with two attached hydrogens (primary N) is 1. The van der Waals surface area contributed by atoms with E-state index in [1.807, 2.05) is 13.8 Å². The van der Waals surface area contributed by atoms with Gasteiger partial charge in [0.15, 0.2) is 0 Å². The first kappa shape index (κ1) is 9.73. The lowest BCUT2D eigenvalue weighted by atomic mass is 10.2. The molecule has 4 N–H and O–H groups in total. The molecular formula is C8H14N4O. The zero-order valence-electron chi connectivity index (χ0n) is 7.74. The zero-order valence-corrected chi connectivity index (χ0v) is 7.74. The van der Waals surface area contributed by atoms with Gasteiger partial charge in [-0.15, -0.1) is 0 Å². The molecule has 0 aromatic carbocycles. The van der Waals surface area contributed by atoms with Crippen LogP contribution in [-0.2, 0) is 0 Å². The zero-order chi connectivity index (χ0) is 9.84. The average molecular weight is 182 g/mol. The first-order valence-electron chi connectivity index (χ1n) is 4.16. The van der Waals surface area contributed by atoms with E-state index in [2.05, 4.69) is 15.3 Å². The normalized spacial score (nSPS) is 15.0. The van der Waals surface area contributed by atoms with Crippen molar-refractivity contribution in [1.29, 1.82) is 0 Å². The Balaban J connectivity index is 2.69.